The topological polar surface area (TPSA) is 56.2 Å². The highest BCUT2D eigenvalue weighted by Gasteiger charge is 2.23. The van der Waals surface area contributed by atoms with E-state index in [1.54, 1.807) is 4.52 Å². The van der Waals surface area contributed by atoms with Crippen molar-refractivity contribution in [3.8, 4) is 0 Å². The van der Waals surface area contributed by atoms with Crippen molar-refractivity contribution < 1.29 is 0 Å². The molecule has 0 amide bonds. The Morgan fingerprint density at radius 3 is 2.94 bits per heavy atom. The summed E-state index contributed by atoms with van der Waals surface area (Å²) in [6.45, 7) is 4.63. The molecule has 2 N–H and O–H groups in total. The maximum Gasteiger partial charge on any atom is 0.240 e. The van der Waals surface area contributed by atoms with Gasteiger partial charge in [-0.05, 0) is 42.4 Å². The summed E-state index contributed by atoms with van der Waals surface area (Å²) in [6.07, 6.45) is 7.65. The van der Waals surface area contributed by atoms with E-state index in [1.807, 2.05) is 12.3 Å². The smallest absolute Gasteiger partial charge is 0.240 e. The van der Waals surface area contributed by atoms with Crippen LogP contribution in [0.5, 0.6) is 0 Å². The first-order chi connectivity index (χ1) is 8.55. The number of nitrogens with zero attached hydrogens (tertiary/aromatic N) is 3. The monoisotopic (exact) mass is 242 g/mol. The summed E-state index contributed by atoms with van der Waals surface area (Å²) in [5.41, 5.74) is 9.48. The van der Waals surface area contributed by atoms with Gasteiger partial charge in [-0.2, -0.15) is 4.98 Å². The number of fused-ring (bicyclic) bond motifs is 1. The maximum atomic E-state index is 5.67. The zero-order chi connectivity index (χ0) is 12.8. The lowest BCUT2D eigenvalue weighted by atomic mass is 9.77. The number of rotatable bonds is 1. The van der Waals surface area contributed by atoms with Gasteiger partial charge in [-0.1, -0.05) is 19.9 Å². The molecule has 3 rings (SSSR count). The van der Waals surface area contributed by atoms with Crippen LogP contribution in [0.1, 0.15) is 38.7 Å². The van der Waals surface area contributed by atoms with Crippen molar-refractivity contribution in [2.45, 2.75) is 33.1 Å². The first-order valence-corrected chi connectivity index (χ1v) is 6.35. The Kier molecular flexibility index (Phi) is 2.40. The Morgan fingerprint density at radius 2 is 2.22 bits per heavy atom. The fourth-order valence-corrected chi connectivity index (χ4v) is 2.49. The number of pyridine rings is 1. The summed E-state index contributed by atoms with van der Waals surface area (Å²) in [5.74, 6) is 0.333. The van der Waals surface area contributed by atoms with E-state index in [0.717, 1.165) is 24.1 Å². The van der Waals surface area contributed by atoms with Crippen molar-refractivity contribution >= 4 is 17.2 Å². The van der Waals surface area contributed by atoms with Crippen LogP contribution in [0.25, 0.3) is 11.2 Å². The van der Waals surface area contributed by atoms with E-state index >= 15 is 0 Å². The number of nitrogen functional groups attached to an aromatic ring is 1. The van der Waals surface area contributed by atoms with Crippen LogP contribution in [0, 0.1) is 5.41 Å². The highest BCUT2D eigenvalue weighted by atomic mass is 15.3. The molecule has 2 aromatic rings. The molecule has 94 valence electrons. The number of hydrogen-bond donors (Lipinski definition) is 1. The zero-order valence-electron chi connectivity index (χ0n) is 10.8. The summed E-state index contributed by atoms with van der Waals surface area (Å²) >= 11 is 0. The van der Waals surface area contributed by atoms with E-state index in [2.05, 4.69) is 36.1 Å². The molecular weight excluding hydrogens is 224 g/mol. The fraction of sp³-hybridized carbons (Fsp3) is 0.429. The molecule has 0 fully saturated rings. The predicted octanol–water partition coefficient (Wildman–Crippen LogP) is 2.91. The normalized spacial score (nSPS) is 18.9. The second-order valence-electron chi connectivity index (χ2n) is 5.76. The van der Waals surface area contributed by atoms with Gasteiger partial charge in [-0.15, -0.1) is 5.10 Å². The molecule has 0 saturated heterocycles. The Labute approximate surface area is 107 Å². The molecule has 0 unspecified atom stereocenters. The van der Waals surface area contributed by atoms with E-state index < -0.39 is 0 Å². The van der Waals surface area contributed by atoms with Crippen LogP contribution in [-0.4, -0.2) is 14.6 Å². The Balaban J connectivity index is 2.07. The maximum absolute atomic E-state index is 5.67. The minimum atomic E-state index is 0.333. The number of aromatic nitrogens is 3. The quantitative estimate of drug-likeness (QED) is 0.836. The Hall–Kier alpha value is -1.84. The third-order valence-electron chi connectivity index (χ3n) is 3.70. The van der Waals surface area contributed by atoms with Crippen molar-refractivity contribution in [1.29, 1.82) is 0 Å². The van der Waals surface area contributed by atoms with Crippen LogP contribution >= 0.6 is 0 Å². The van der Waals surface area contributed by atoms with E-state index in [4.69, 9.17) is 5.73 Å². The van der Waals surface area contributed by atoms with E-state index in [0.29, 0.717) is 11.4 Å². The molecule has 2 aromatic heterocycles. The van der Waals surface area contributed by atoms with Crippen molar-refractivity contribution in [1.82, 2.24) is 14.6 Å². The van der Waals surface area contributed by atoms with Gasteiger partial charge in [0.25, 0.3) is 0 Å². The van der Waals surface area contributed by atoms with E-state index in [9.17, 15) is 0 Å². The fourth-order valence-electron chi connectivity index (χ4n) is 2.49. The molecule has 18 heavy (non-hydrogen) atoms. The third-order valence-corrected chi connectivity index (χ3v) is 3.70. The summed E-state index contributed by atoms with van der Waals surface area (Å²) < 4.78 is 1.76. The SMILES string of the molecule is CC1(C)CC=C(c2cccn3nc(N)nc23)CC1. The van der Waals surface area contributed by atoms with Gasteiger partial charge in [0.2, 0.25) is 5.95 Å². The van der Waals surface area contributed by atoms with Crippen molar-refractivity contribution in [2.75, 3.05) is 5.73 Å². The average Bonchev–Trinajstić information content (AvgIpc) is 2.69. The van der Waals surface area contributed by atoms with Gasteiger partial charge in [0, 0.05) is 11.8 Å². The lowest BCUT2D eigenvalue weighted by Crippen LogP contribution is -2.14. The predicted molar refractivity (Wildman–Crippen MR) is 73.0 cm³/mol. The second-order valence-corrected chi connectivity index (χ2v) is 5.76. The van der Waals surface area contributed by atoms with E-state index in [-0.39, 0.29) is 0 Å². The van der Waals surface area contributed by atoms with Crippen molar-refractivity contribution in [3.05, 3.63) is 30.0 Å². The number of nitrogens with two attached hydrogens (primary N) is 1. The molecule has 0 radical (unpaired) electrons. The van der Waals surface area contributed by atoms with Crippen LogP contribution < -0.4 is 5.73 Å². The average molecular weight is 242 g/mol. The second kappa shape index (κ2) is 3.83. The first kappa shape index (κ1) is 11.3. The molecule has 0 saturated carbocycles. The molecule has 0 aromatic carbocycles. The molecule has 2 heterocycles. The van der Waals surface area contributed by atoms with Crippen LogP contribution in [0.2, 0.25) is 0 Å². The van der Waals surface area contributed by atoms with Gasteiger partial charge in [0.1, 0.15) is 0 Å². The largest absolute Gasteiger partial charge is 0.366 e. The van der Waals surface area contributed by atoms with Crippen LogP contribution in [0.3, 0.4) is 0 Å². The molecule has 4 heteroatoms. The molecule has 0 atom stereocenters. The molecule has 0 spiro atoms. The molecule has 0 aliphatic heterocycles. The number of hydrogen-bond acceptors (Lipinski definition) is 3. The highest BCUT2D eigenvalue weighted by molar-refractivity contribution is 5.76. The van der Waals surface area contributed by atoms with Crippen LogP contribution in [-0.2, 0) is 0 Å². The van der Waals surface area contributed by atoms with Crippen LogP contribution in [0.4, 0.5) is 5.95 Å². The van der Waals surface area contributed by atoms with Gasteiger partial charge < -0.3 is 5.73 Å². The van der Waals surface area contributed by atoms with Gasteiger partial charge in [0.05, 0.1) is 0 Å². The van der Waals surface area contributed by atoms with Gasteiger partial charge >= 0.3 is 0 Å². The van der Waals surface area contributed by atoms with Gasteiger partial charge in [-0.3, -0.25) is 0 Å². The highest BCUT2D eigenvalue weighted by Crippen LogP contribution is 2.38. The summed E-state index contributed by atoms with van der Waals surface area (Å²) in [5, 5.41) is 4.15. The lowest BCUT2D eigenvalue weighted by Gasteiger charge is -2.28. The van der Waals surface area contributed by atoms with E-state index in [1.165, 1.54) is 12.0 Å². The standard InChI is InChI=1S/C14H18N4/c1-14(2)7-5-10(6-8-14)11-4-3-9-18-12(11)16-13(15)17-18/h3-5,9H,6-8H2,1-2H3,(H2,15,17). The summed E-state index contributed by atoms with van der Waals surface area (Å²) in [6, 6.07) is 4.10. The Bertz CT molecular complexity index is 622. The lowest BCUT2D eigenvalue weighted by molar-refractivity contribution is 0.335. The molecular formula is C14H18N4. The Morgan fingerprint density at radius 1 is 1.39 bits per heavy atom. The summed E-state index contributed by atoms with van der Waals surface area (Å²) in [4.78, 5) is 4.31. The minimum Gasteiger partial charge on any atom is -0.366 e. The molecule has 1 aliphatic rings. The minimum absolute atomic E-state index is 0.333. The molecule has 1 aliphatic carbocycles. The molecule has 4 nitrogen and oxygen atoms in total. The van der Waals surface area contributed by atoms with Crippen LogP contribution in [0.15, 0.2) is 24.4 Å². The van der Waals surface area contributed by atoms with Gasteiger partial charge in [-0.25, -0.2) is 4.52 Å². The third kappa shape index (κ3) is 1.88. The first-order valence-electron chi connectivity index (χ1n) is 6.35. The van der Waals surface area contributed by atoms with Crippen molar-refractivity contribution in [3.63, 3.8) is 0 Å². The van der Waals surface area contributed by atoms with Crippen molar-refractivity contribution in [2.24, 2.45) is 5.41 Å². The van der Waals surface area contributed by atoms with Gasteiger partial charge in [0.15, 0.2) is 5.65 Å². The zero-order valence-corrected chi connectivity index (χ0v) is 10.8. The summed E-state index contributed by atoms with van der Waals surface area (Å²) in [7, 11) is 0. The number of allylic oxidation sites excluding steroid dienone is 2. The molecule has 0 bridgehead atoms. The number of anilines is 1.